The predicted molar refractivity (Wildman–Crippen MR) is 97.9 cm³/mol. The number of nitrogens with one attached hydrogen (secondary N) is 1. The van der Waals surface area contributed by atoms with Crippen LogP contribution in [0.4, 0.5) is 0 Å². The molecule has 0 aromatic carbocycles. The van der Waals surface area contributed by atoms with Gasteiger partial charge in [-0.1, -0.05) is 32.1 Å². The molecule has 25 heavy (non-hydrogen) atoms. The second-order valence-electron chi connectivity index (χ2n) is 6.99. The molecule has 0 saturated heterocycles. The van der Waals surface area contributed by atoms with E-state index in [4.69, 9.17) is 0 Å². The molecule has 1 saturated carbocycles. The molecular formula is C19H32N4O2. The van der Waals surface area contributed by atoms with Crippen molar-refractivity contribution >= 4 is 11.8 Å². The minimum absolute atomic E-state index is 0.00221. The number of amides is 2. The number of hydrogen-bond donors (Lipinski definition) is 1. The third-order valence-electron chi connectivity index (χ3n) is 4.98. The first-order valence-electron chi connectivity index (χ1n) is 9.63. The number of carbonyl (C=O) groups is 2. The quantitative estimate of drug-likeness (QED) is 0.824. The van der Waals surface area contributed by atoms with Crippen molar-refractivity contribution in [3.05, 3.63) is 18.2 Å². The van der Waals surface area contributed by atoms with Crippen LogP contribution in [0.5, 0.6) is 0 Å². The van der Waals surface area contributed by atoms with Gasteiger partial charge in [-0.3, -0.25) is 9.59 Å². The van der Waals surface area contributed by atoms with Crippen LogP contribution in [-0.2, 0) is 22.7 Å². The first kappa shape index (κ1) is 19.5. The Labute approximate surface area is 151 Å². The van der Waals surface area contributed by atoms with Crippen molar-refractivity contribution in [1.29, 1.82) is 0 Å². The number of aromatic nitrogens is 2. The van der Waals surface area contributed by atoms with Gasteiger partial charge in [-0.2, -0.15) is 0 Å². The Morgan fingerprint density at radius 3 is 2.56 bits per heavy atom. The summed E-state index contributed by atoms with van der Waals surface area (Å²) in [5, 5.41) is 3.12. The van der Waals surface area contributed by atoms with Crippen molar-refractivity contribution in [3.63, 3.8) is 0 Å². The number of hydrogen-bond acceptors (Lipinski definition) is 3. The number of rotatable bonds is 7. The number of aryl methyl sites for hydroxylation is 1. The van der Waals surface area contributed by atoms with Crippen LogP contribution in [0.2, 0.25) is 0 Å². The standard InChI is InChI=1S/C19H32N4O2/c1-3-23-14-13-20-17(23)15-22(2)19(25)12-11-18(24)21-16-9-7-5-4-6-8-10-16/h13-14,16H,3-12,15H2,1-2H3,(H,21,24). The van der Waals surface area contributed by atoms with E-state index in [1.165, 1.54) is 32.1 Å². The highest BCUT2D eigenvalue weighted by Gasteiger charge is 2.17. The van der Waals surface area contributed by atoms with Crippen LogP contribution < -0.4 is 5.32 Å². The lowest BCUT2D eigenvalue weighted by molar-refractivity contribution is -0.133. The molecule has 2 amide bonds. The van der Waals surface area contributed by atoms with Gasteiger partial charge in [-0.25, -0.2) is 4.98 Å². The Hall–Kier alpha value is -1.85. The van der Waals surface area contributed by atoms with Crippen molar-refractivity contribution in [2.24, 2.45) is 0 Å². The molecule has 1 heterocycles. The molecule has 6 heteroatoms. The summed E-state index contributed by atoms with van der Waals surface area (Å²) in [6.45, 7) is 3.36. The summed E-state index contributed by atoms with van der Waals surface area (Å²) < 4.78 is 2.02. The average Bonchev–Trinajstić information content (AvgIpc) is 3.02. The Morgan fingerprint density at radius 2 is 1.88 bits per heavy atom. The highest BCUT2D eigenvalue weighted by atomic mass is 16.2. The van der Waals surface area contributed by atoms with E-state index in [1.807, 2.05) is 17.7 Å². The van der Waals surface area contributed by atoms with Gasteiger partial charge < -0.3 is 14.8 Å². The molecular weight excluding hydrogens is 316 g/mol. The van der Waals surface area contributed by atoms with Gasteiger partial charge in [0.05, 0.1) is 6.54 Å². The van der Waals surface area contributed by atoms with E-state index in [-0.39, 0.29) is 30.7 Å². The average molecular weight is 348 g/mol. The van der Waals surface area contributed by atoms with Crippen LogP contribution >= 0.6 is 0 Å². The molecule has 1 fully saturated rings. The molecule has 0 spiro atoms. The first-order chi connectivity index (χ1) is 12.1. The Morgan fingerprint density at radius 1 is 1.20 bits per heavy atom. The van der Waals surface area contributed by atoms with E-state index in [1.54, 1.807) is 18.1 Å². The fourth-order valence-corrected chi connectivity index (χ4v) is 3.39. The van der Waals surface area contributed by atoms with Gasteiger partial charge in [0.15, 0.2) is 0 Å². The van der Waals surface area contributed by atoms with Gasteiger partial charge >= 0.3 is 0 Å². The van der Waals surface area contributed by atoms with E-state index >= 15 is 0 Å². The van der Waals surface area contributed by atoms with Crippen molar-refractivity contribution in [1.82, 2.24) is 19.8 Å². The van der Waals surface area contributed by atoms with E-state index < -0.39 is 0 Å². The molecule has 2 rings (SSSR count). The predicted octanol–water partition coefficient (Wildman–Crippen LogP) is 2.87. The number of nitrogens with zero attached hydrogens (tertiary/aromatic N) is 3. The SMILES string of the molecule is CCn1ccnc1CN(C)C(=O)CCC(=O)NC1CCCCCCC1. The number of imidazole rings is 1. The highest BCUT2D eigenvalue weighted by molar-refractivity contribution is 5.83. The summed E-state index contributed by atoms with van der Waals surface area (Å²) in [7, 11) is 1.77. The lowest BCUT2D eigenvalue weighted by atomic mass is 9.96. The zero-order valence-electron chi connectivity index (χ0n) is 15.7. The van der Waals surface area contributed by atoms with Crippen molar-refractivity contribution < 1.29 is 9.59 Å². The van der Waals surface area contributed by atoms with Crippen LogP contribution in [0.3, 0.4) is 0 Å². The Kier molecular flexibility index (Phi) is 7.95. The van der Waals surface area contributed by atoms with Gasteiger partial charge in [-0.05, 0) is 19.8 Å². The summed E-state index contributed by atoms with van der Waals surface area (Å²) in [5.74, 6) is 0.859. The molecule has 1 aromatic rings. The molecule has 0 aliphatic heterocycles. The van der Waals surface area contributed by atoms with Crippen molar-refractivity contribution in [2.75, 3.05) is 7.05 Å². The lowest BCUT2D eigenvalue weighted by Gasteiger charge is -2.21. The third-order valence-corrected chi connectivity index (χ3v) is 4.98. The second-order valence-corrected chi connectivity index (χ2v) is 6.99. The largest absolute Gasteiger partial charge is 0.353 e. The summed E-state index contributed by atoms with van der Waals surface area (Å²) in [4.78, 5) is 30.4. The van der Waals surface area contributed by atoms with E-state index in [2.05, 4.69) is 10.3 Å². The van der Waals surface area contributed by atoms with Gasteiger partial charge in [0, 0.05) is 44.9 Å². The summed E-state index contributed by atoms with van der Waals surface area (Å²) >= 11 is 0. The summed E-state index contributed by atoms with van der Waals surface area (Å²) in [6.07, 6.45) is 12.6. The maximum absolute atomic E-state index is 12.3. The Bertz CT molecular complexity index is 547. The fraction of sp³-hybridized carbons (Fsp3) is 0.737. The minimum atomic E-state index is -0.0153. The van der Waals surface area contributed by atoms with E-state index in [9.17, 15) is 9.59 Å². The van der Waals surface area contributed by atoms with Crippen LogP contribution in [0.1, 0.15) is 70.5 Å². The molecule has 0 radical (unpaired) electrons. The number of carbonyl (C=O) groups excluding carboxylic acids is 2. The molecule has 0 unspecified atom stereocenters. The van der Waals surface area contributed by atoms with Gasteiger partial charge in [0.25, 0.3) is 0 Å². The van der Waals surface area contributed by atoms with Crippen molar-refractivity contribution in [3.8, 4) is 0 Å². The van der Waals surface area contributed by atoms with E-state index in [0.29, 0.717) is 6.54 Å². The maximum Gasteiger partial charge on any atom is 0.223 e. The van der Waals surface area contributed by atoms with E-state index in [0.717, 1.165) is 25.2 Å². The molecule has 0 atom stereocenters. The van der Waals surface area contributed by atoms with Gasteiger partial charge in [-0.15, -0.1) is 0 Å². The molecule has 140 valence electrons. The smallest absolute Gasteiger partial charge is 0.223 e. The lowest BCUT2D eigenvalue weighted by Crippen LogP contribution is -2.36. The summed E-state index contributed by atoms with van der Waals surface area (Å²) in [6, 6.07) is 0.290. The normalized spacial score (nSPS) is 16.1. The van der Waals surface area contributed by atoms with Crippen LogP contribution in [0, 0.1) is 0 Å². The van der Waals surface area contributed by atoms with Crippen LogP contribution in [0.15, 0.2) is 12.4 Å². The molecule has 1 aliphatic carbocycles. The summed E-state index contributed by atoms with van der Waals surface area (Å²) in [5.41, 5.74) is 0. The third kappa shape index (κ3) is 6.52. The van der Waals surface area contributed by atoms with Crippen LogP contribution in [-0.4, -0.2) is 39.4 Å². The van der Waals surface area contributed by atoms with Gasteiger partial charge in [0.2, 0.25) is 11.8 Å². The van der Waals surface area contributed by atoms with Gasteiger partial charge in [0.1, 0.15) is 5.82 Å². The molecule has 0 bridgehead atoms. The monoisotopic (exact) mass is 348 g/mol. The molecule has 1 aliphatic rings. The highest BCUT2D eigenvalue weighted by Crippen LogP contribution is 2.17. The van der Waals surface area contributed by atoms with Crippen molar-refractivity contribution in [2.45, 2.75) is 83.8 Å². The Balaban J connectivity index is 1.71. The van der Waals surface area contributed by atoms with Crippen LogP contribution in [0.25, 0.3) is 0 Å². The fourth-order valence-electron chi connectivity index (χ4n) is 3.39. The molecule has 1 N–H and O–H groups in total. The molecule has 1 aromatic heterocycles. The minimum Gasteiger partial charge on any atom is -0.353 e. The zero-order valence-corrected chi connectivity index (χ0v) is 15.7. The first-order valence-corrected chi connectivity index (χ1v) is 9.63. The zero-order chi connectivity index (χ0) is 18.1. The molecule has 6 nitrogen and oxygen atoms in total. The second kappa shape index (κ2) is 10.2. The topological polar surface area (TPSA) is 67.2 Å². The maximum atomic E-state index is 12.3.